The van der Waals surface area contributed by atoms with E-state index in [-0.39, 0.29) is 4.87 Å². The molecular formula is C10H11NO2S. The lowest BCUT2D eigenvalue weighted by atomic mass is 10.2. The van der Waals surface area contributed by atoms with Crippen molar-refractivity contribution < 1.29 is 4.74 Å². The van der Waals surface area contributed by atoms with Gasteiger partial charge in [0.15, 0.2) is 0 Å². The summed E-state index contributed by atoms with van der Waals surface area (Å²) in [5.74, 6) is 0.827. The van der Waals surface area contributed by atoms with Crippen LogP contribution < -0.4 is 9.61 Å². The highest BCUT2D eigenvalue weighted by atomic mass is 32.1. The number of thiazole rings is 1. The van der Waals surface area contributed by atoms with Crippen LogP contribution in [0.1, 0.15) is 12.5 Å². The summed E-state index contributed by atoms with van der Waals surface area (Å²) < 4.78 is 6.35. The van der Waals surface area contributed by atoms with Crippen molar-refractivity contribution in [2.75, 3.05) is 6.61 Å². The standard InChI is InChI=1S/C10H11NO2S/c1-3-13-7-4-6(2)9-8(5-7)14-10(12)11-9/h4-5H,3H2,1-2H3,(H,11,12). The second kappa shape index (κ2) is 3.46. The third-order valence-electron chi connectivity index (χ3n) is 2.01. The number of nitrogens with one attached hydrogen (secondary N) is 1. The number of rotatable bonds is 2. The van der Waals surface area contributed by atoms with Crippen LogP contribution in [-0.2, 0) is 0 Å². The molecule has 1 heterocycles. The molecule has 0 fully saturated rings. The van der Waals surface area contributed by atoms with Crippen molar-refractivity contribution in [2.24, 2.45) is 0 Å². The van der Waals surface area contributed by atoms with Crippen LogP contribution in [-0.4, -0.2) is 11.6 Å². The van der Waals surface area contributed by atoms with Crippen molar-refractivity contribution in [1.29, 1.82) is 0 Å². The summed E-state index contributed by atoms with van der Waals surface area (Å²) in [5, 5.41) is 0. The van der Waals surface area contributed by atoms with Gasteiger partial charge in [0.1, 0.15) is 5.75 Å². The Morgan fingerprint density at radius 3 is 3.00 bits per heavy atom. The van der Waals surface area contributed by atoms with E-state index in [9.17, 15) is 4.79 Å². The Kier molecular flexibility index (Phi) is 2.29. The average molecular weight is 209 g/mol. The van der Waals surface area contributed by atoms with Crippen LogP contribution in [0.4, 0.5) is 0 Å². The third-order valence-corrected chi connectivity index (χ3v) is 2.84. The second-order valence-electron chi connectivity index (χ2n) is 3.06. The SMILES string of the molecule is CCOc1cc(C)c2[nH]c(=O)sc2c1. The van der Waals surface area contributed by atoms with Crippen molar-refractivity contribution in [3.05, 3.63) is 27.4 Å². The van der Waals surface area contributed by atoms with Gasteiger partial charge in [-0.15, -0.1) is 0 Å². The molecule has 2 rings (SSSR count). The Morgan fingerprint density at radius 1 is 1.50 bits per heavy atom. The van der Waals surface area contributed by atoms with E-state index >= 15 is 0 Å². The molecular weight excluding hydrogens is 198 g/mol. The molecule has 74 valence electrons. The first-order valence-electron chi connectivity index (χ1n) is 4.47. The number of hydrogen-bond acceptors (Lipinski definition) is 3. The summed E-state index contributed by atoms with van der Waals surface area (Å²) in [6.45, 7) is 4.55. The number of aromatic nitrogens is 1. The monoisotopic (exact) mass is 209 g/mol. The zero-order valence-electron chi connectivity index (χ0n) is 8.09. The van der Waals surface area contributed by atoms with Gasteiger partial charge in [-0.3, -0.25) is 4.79 Å². The van der Waals surface area contributed by atoms with E-state index < -0.39 is 0 Å². The van der Waals surface area contributed by atoms with Crippen LogP contribution in [0.2, 0.25) is 0 Å². The first kappa shape index (κ1) is 9.27. The number of aromatic amines is 1. The van der Waals surface area contributed by atoms with Crippen molar-refractivity contribution in [2.45, 2.75) is 13.8 Å². The van der Waals surface area contributed by atoms with E-state index in [1.807, 2.05) is 26.0 Å². The van der Waals surface area contributed by atoms with E-state index in [0.717, 1.165) is 21.5 Å². The van der Waals surface area contributed by atoms with Crippen LogP contribution in [0.5, 0.6) is 5.75 Å². The molecule has 0 saturated heterocycles. The van der Waals surface area contributed by atoms with Crippen LogP contribution in [0.15, 0.2) is 16.9 Å². The van der Waals surface area contributed by atoms with Crippen molar-refractivity contribution >= 4 is 21.6 Å². The first-order chi connectivity index (χ1) is 6.70. The molecule has 0 spiro atoms. The minimum atomic E-state index is -0.0169. The highest BCUT2D eigenvalue weighted by Gasteiger charge is 2.04. The largest absolute Gasteiger partial charge is 0.494 e. The van der Waals surface area contributed by atoms with E-state index in [2.05, 4.69) is 4.98 Å². The third kappa shape index (κ3) is 1.53. The predicted octanol–water partition coefficient (Wildman–Crippen LogP) is 2.30. The van der Waals surface area contributed by atoms with Gasteiger partial charge in [-0.1, -0.05) is 11.3 Å². The topological polar surface area (TPSA) is 42.1 Å². The lowest BCUT2D eigenvalue weighted by Gasteiger charge is -2.03. The molecule has 0 atom stereocenters. The van der Waals surface area contributed by atoms with E-state index in [0.29, 0.717) is 6.61 Å². The van der Waals surface area contributed by atoms with E-state index in [4.69, 9.17) is 4.74 Å². The van der Waals surface area contributed by atoms with Crippen LogP contribution in [0.3, 0.4) is 0 Å². The fourth-order valence-electron chi connectivity index (χ4n) is 1.44. The lowest BCUT2D eigenvalue weighted by Crippen LogP contribution is -1.92. The number of benzene rings is 1. The molecule has 0 aliphatic heterocycles. The van der Waals surface area contributed by atoms with E-state index in [1.54, 1.807) is 0 Å². The molecule has 14 heavy (non-hydrogen) atoms. The minimum absolute atomic E-state index is 0.0169. The average Bonchev–Trinajstić information content (AvgIpc) is 2.47. The second-order valence-corrected chi connectivity index (χ2v) is 4.08. The normalized spacial score (nSPS) is 10.7. The number of ether oxygens (including phenoxy) is 1. The highest BCUT2D eigenvalue weighted by molar-refractivity contribution is 7.16. The van der Waals surface area contributed by atoms with Gasteiger partial charge < -0.3 is 9.72 Å². The van der Waals surface area contributed by atoms with Gasteiger partial charge >= 0.3 is 4.87 Å². The van der Waals surface area contributed by atoms with E-state index in [1.165, 1.54) is 11.3 Å². The van der Waals surface area contributed by atoms with Crippen LogP contribution in [0, 0.1) is 6.92 Å². The van der Waals surface area contributed by atoms with Crippen molar-refractivity contribution in [3.8, 4) is 5.75 Å². The maximum absolute atomic E-state index is 11.1. The molecule has 1 aromatic carbocycles. The molecule has 2 aromatic rings. The Balaban J connectivity index is 2.65. The molecule has 4 heteroatoms. The van der Waals surface area contributed by atoms with Crippen molar-refractivity contribution in [1.82, 2.24) is 4.98 Å². The summed E-state index contributed by atoms with van der Waals surface area (Å²) in [5.41, 5.74) is 1.97. The number of H-pyrrole nitrogens is 1. The van der Waals surface area contributed by atoms with Gasteiger partial charge in [0.25, 0.3) is 0 Å². The van der Waals surface area contributed by atoms with Crippen molar-refractivity contribution in [3.63, 3.8) is 0 Å². The quantitative estimate of drug-likeness (QED) is 0.824. The van der Waals surface area contributed by atoms with Gasteiger partial charge in [0.05, 0.1) is 16.8 Å². The Hall–Kier alpha value is -1.29. The van der Waals surface area contributed by atoms with Crippen LogP contribution >= 0.6 is 11.3 Å². The molecule has 0 unspecified atom stereocenters. The highest BCUT2D eigenvalue weighted by Crippen LogP contribution is 2.24. The zero-order chi connectivity index (χ0) is 10.1. The molecule has 0 aliphatic carbocycles. The summed E-state index contributed by atoms with van der Waals surface area (Å²) >= 11 is 1.22. The number of hydrogen-bond donors (Lipinski definition) is 1. The molecule has 0 radical (unpaired) electrons. The van der Waals surface area contributed by atoms with Gasteiger partial charge in [-0.05, 0) is 31.5 Å². The Bertz CT molecular complexity index is 512. The summed E-state index contributed by atoms with van der Waals surface area (Å²) in [7, 11) is 0. The molecule has 0 saturated carbocycles. The number of aryl methyl sites for hydroxylation is 1. The summed E-state index contributed by atoms with van der Waals surface area (Å²) in [6.07, 6.45) is 0. The summed E-state index contributed by atoms with van der Waals surface area (Å²) in [6, 6.07) is 3.84. The minimum Gasteiger partial charge on any atom is -0.494 e. The smallest absolute Gasteiger partial charge is 0.305 e. The molecule has 0 aliphatic rings. The molecule has 1 N–H and O–H groups in total. The van der Waals surface area contributed by atoms with Gasteiger partial charge in [0, 0.05) is 0 Å². The Labute approximate surface area is 85.3 Å². The lowest BCUT2D eigenvalue weighted by molar-refractivity contribution is 0.340. The number of fused-ring (bicyclic) bond motifs is 1. The fourth-order valence-corrected chi connectivity index (χ4v) is 2.28. The predicted molar refractivity (Wildman–Crippen MR) is 58.4 cm³/mol. The molecule has 1 aromatic heterocycles. The molecule has 3 nitrogen and oxygen atoms in total. The maximum Gasteiger partial charge on any atom is 0.305 e. The van der Waals surface area contributed by atoms with Crippen LogP contribution in [0.25, 0.3) is 10.2 Å². The maximum atomic E-state index is 11.1. The summed E-state index contributed by atoms with van der Waals surface area (Å²) in [4.78, 5) is 13.9. The Morgan fingerprint density at radius 2 is 2.29 bits per heavy atom. The molecule has 0 amide bonds. The first-order valence-corrected chi connectivity index (χ1v) is 5.28. The molecule has 0 bridgehead atoms. The van der Waals surface area contributed by atoms with Gasteiger partial charge in [0.2, 0.25) is 0 Å². The van der Waals surface area contributed by atoms with Gasteiger partial charge in [-0.25, -0.2) is 0 Å². The fraction of sp³-hybridized carbons (Fsp3) is 0.300. The zero-order valence-corrected chi connectivity index (χ0v) is 8.90. The van der Waals surface area contributed by atoms with Gasteiger partial charge in [-0.2, -0.15) is 0 Å².